The summed E-state index contributed by atoms with van der Waals surface area (Å²) in [5.74, 6) is -0.332. The molecule has 180 valence electrons. The van der Waals surface area contributed by atoms with Crippen molar-refractivity contribution in [2.45, 2.75) is 109 Å². The van der Waals surface area contributed by atoms with E-state index in [2.05, 4.69) is 11.4 Å². The Morgan fingerprint density at radius 2 is 1.40 bits per heavy atom. The first-order chi connectivity index (χ1) is 14.4. The summed E-state index contributed by atoms with van der Waals surface area (Å²) in [5.41, 5.74) is 5.48. The molecule has 3 atom stereocenters. The third-order valence-corrected chi connectivity index (χ3v) is 6.00. The zero-order chi connectivity index (χ0) is 22.7. The molecule has 0 aliphatic rings. The van der Waals surface area contributed by atoms with Gasteiger partial charge in [-0.05, 0) is 6.42 Å². The largest absolute Gasteiger partial charge is 0.473 e. The Morgan fingerprint density at radius 3 is 1.83 bits per heavy atom. The maximum absolute atomic E-state index is 12.2. The molecule has 5 N–H and O–H groups in total. The number of phosphoric acid groups is 1. The highest BCUT2D eigenvalue weighted by Crippen LogP contribution is 2.44. The number of hydrogen-bond donors (Lipinski definition) is 4. The lowest BCUT2D eigenvalue weighted by Gasteiger charge is -2.19. The van der Waals surface area contributed by atoms with Crippen molar-refractivity contribution in [1.82, 2.24) is 0 Å². The van der Waals surface area contributed by atoms with Crippen molar-refractivity contribution in [2.75, 3.05) is 19.8 Å². The lowest BCUT2D eigenvalue weighted by molar-refractivity contribution is -0.126. The fourth-order valence-electron chi connectivity index (χ4n) is 3.14. The molecule has 0 radical (unpaired) electrons. The first-order valence-corrected chi connectivity index (χ1v) is 13.0. The Morgan fingerprint density at radius 1 is 0.933 bits per heavy atom. The first-order valence-electron chi connectivity index (χ1n) is 11.5. The minimum Gasteiger partial charge on any atom is -0.394 e. The van der Waals surface area contributed by atoms with Crippen LogP contribution in [0, 0.1) is 0 Å². The van der Waals surface area contributed by atoms with Crippen LogP contribution in [-0.2, 0) is 18.4 Å². The van der Waals surface area contributed by atoms with Crippen LogP contribution in [0.15, 0.2) is 0 Å². The molecule has 0 saturated heterocycles. The van der Waals surface area contributed by atoms with Crippen molar-refractivity contribution in [3.8, 4) is 0 Å². The summed E-state index contributed by atoms with van der Waals surface area (Å²) >= 11 is 0. The van der Waals surface area contributed by atoms with Crippen molar-refractivity contribution < 1.29 is 33.5 Å². The number of nitrogens with two attached hydrogens (primary N) is 1. The second kappa shape index (κ2) is 19.4. The van der Waals surface area contributed by atoms with Crippen LogP contribution in [0.2, 0.25) is 0 Å². The molecule has 0 heterocycles. The molecule has 9 heteroatoms. The highest BCUT2D eigenvalue weighted by atomic mass is 31.2. The fourth-order valence-corrected chi connectivity index (χ4v) is 4.08. The number of rotatable bonds is 22. The van der Waals surface area contributed by atoms with Crippen molar-refractivity contribution in [3.05, 3.63) is 0 Å². The van der Waals surface area contributed by atoms with E-state index < -0.39 is 33.2 Å². The molecule has 0 saturated carbocycles. The SMILES string of the molecule is CCCCCCCCCCCCCCCC(=O)C(CN)OP(=O)(O)OC[C@H](O)CO. The maximum atomic E-state index is 12.2. The third kappa shape index (κ3) is 17.4. The molecule has 0 aromatic heterocycles. The summed E-state index contributed by atoms with van der Waals surface area (Å²) in [6.45, 7) is 0.818. The summed E-state index contributed by atoms with van der Waals surface area (Å²) in [5, 5.41) is 17.8. The van der Waals surface area contributed by atoms with E-state index in [-0.39, 0.29) is 18.7 Å². The van der Waals surface area contributed by atoms with Crippen LogP contribution in [0.3, 0.4) is 0 Å². The Bertz CT molecular complexity index is 465. The normalized spacial score (nSPS) is 15.6. The van der Waals surface area contributed by atoms with Crippen molar-refractivity contribution >= 4 is 13.6 Å². The smallest absolute Gasteiger partial charge is 0.394 e. The summed E-state index contributed by atoms with van der Waals surface area (Å²) in [6, 6.07) is 0. The average Bonchev–Trinajstić information content (AvgIpc) is 2.73. The van der Waals surface area contributed by atoms with Gasteiger partial charge in [0.15, 0.2) is 5.78 Å². The molecule has 0 aromatic rings. The van der Waals surface area contributed by atoms with Crippen LogP contribution < -0.4 is 5.73 Å². The van der Waals surface area contributed by atoms with Gasteiger partial charge >= 0.3 is 7.82 Å². The minimum atomic E-state index is -4.53. The summed E-state index contributed by atoms with van der Waals surface area (Å²) in [7, 11) is -4.53. The number of unbranched alkanes of at least 4 members (excludes halogenated alkanes) is 12. The van der Waals surface area contributed by atoms with Gasteiger partial charge in [-0.15, -0.1) is 0 Å². The van der Waals surface area contributed by atoms with Crippen LogP contribution in [0.5, 0.6) is 0 Å². The van der Waals surface area contributed by atoms with Gasteiger partial charge in [-0.25, -0.2) is 4.57 Å². The number of carbonyl (C=O) groups is 1. The van der Waals surface area contributed by atoms with Gasteiger partial charge in [0.05, 0.1) is 13.2 Å². The van der Waals surface area contributed by atoms with Gasteiger partial charge in [-0.1, -0.05) is 84.0 Å². The molecule has 0 aliphatic heterocycles. The van der Waals surface area contributed by atoms with Crippen LogP contribution in [-0.4, -0.2) is 52.9 Å². The zero-order valence-electron chi connectivity index (χ0n) is 18.7. The van der Waals surface area contributed by atoms with E-state index >= 15 is 0 Å². The molecule has 0 fully saturated rings. The average molecular weight is 454 g/mol. The molecule has 0 aromatic carbocycles. The topological polar surface area (TPSA) is 139 Å². The molecule has 2 unspecified atom stereocenters. The van der Waals surface area contributed by atoms with Gasteiger partial charge < -0.3 is 20.8 Å². The molecule has 30 heavy (non-hydrogen) atoms. The molecular formula is C21H44NO7P. The fraction of sp³-hybridized carbons (Fsp3) is 0.952. The molecule has 0 spiro atoms. The molecular weight excluding hydrogens is 409 g/mol. The predicted molar refractivity (Wildman–Crippen MR) is 118 cm³/mol. The van der Waals surface area contributed by atoms with E-state index in [1.54, 1.807) is 0 Å². The van der Waals surface area contributed by atoms with E-state index in [4.69, 9.17) is 20.5 Å². The van der Waals surface area contributed by atoms with E-state index in [9.17, 15) is 14.3 Å². The molecule has 0 aliphatic carbocycles. The van der Waals surface area contributed by atoms with Gasteiger partial charge in [0.1, 0.15) is 12.2 Å². The number of aliphatic hydroxyl groups is 2. The summed E-state index contributed by atoms with van der Waals surface area (Å²) in [4.78, 5) is 21.8. The predicted octanol–water partition coefficient (Wildman–Crippen LogP) is 3.85. The Balaban J connectivity index is 3.77. The van der Waals surface area contributed by atoms with Crippen molar-refractivity contribution in [3.63, 3.8) is 0 Å². The highest BCUT2D eigenvalue weighted by molar-refractivity contribution is 7.47. The number of Topliss-reactive ketones (excluding diaryl/α,β-unsaturated/α-hetero) is 1. The van der Waals surface area contributed by atoms with Gasteiger partial charge in [-0.2, -0.15) is 0 Å². The number of hydrogen-bond acceptors (Lipinski definition) is 7. The Labute approximate surface area is 182 Å². The highest BCUT2D eigenvalue weighted by Gasteiger charge is 2.30. The molecule has 0 rings (SSSR count). The standard InChI is InChI=1S/C21H44NO7P/c1-2-3-4-5-6-7-8-9-10-11-12-13-14-15-20(25)21(16-22)29-30(26,27)28-18-19(24)17-23/h19,21,23-24H,2-18,22H2,1H3,(H,26,27)/t19-,21?/m1/s1. The van der Waals surface area contributed by atoms with Gasteiger partial charge in [-0.3, -0.25) is 13.8 Å². The van der Waals surface area contributed by atoms with E-state index in [0.717, 1.165) is 19.3 Å². The monoisotopic (exact) mass is 453 g/mol. The van der Waals surface area contributed by atoms with E-state index in [1.165, 1.54) is 57.8 Å². The van der Waals surface area contributed by atoms with Gasteiger partial charge in [0.2, 0.25) is 0 Å². The van der Waals surface area contributed by atoms with E-state index in [0.29, 0.717) is 6.42 Å². The quantitative estimate of drug-likeness (QED) is 0.143. The van der Waals surface area contributed by atoms with E-state index in [1.807, 2.05) is 0 Å². The lowest BCUT2D eigenvalue weighted by Crippen LogP contribution is -2.32. The van der Waals surface area contributed by atoms with Crippen molar-refractivity contribution in [1.29, 1.82) is 0 Å². The lowest BCUT2D eigenvalue weighted by atomic mass is 10.0. The maximum Gasteiger partial charge on any atom is 0.473 e. The van der Waals surface area contributed by atoms with Crippen molar-refractivity contribution in [2.24, 2.45) is 5.73 Å². The first kappa shape index (κ1) is 29.7. The molecule has 0 bridgehead atoms. The summed E-state index contributed by atoms with van der Waals surface area (Å²) < 4.78 is 21.2. The Kier molecular flexibility index (Phi) is 19.1. The zero-order valence-corrected chi connectivity index (χ0v) is 19.6. The van der Waals surface area contributed by atoms with Gasteiger partial charge in [0.25, 0.3) is 0 Å². The number of phosphoric ester groups is 1. The summed E-state index contributed by atoms with van der Waals surface area (Å²) in [6.07, 6.45) is 13.4. The molecule has 0 amide bonds. The Hall–Kier alpha value is -0.340. The second-order valence-corrected chi connectivity index (χ2v) is 9.30. The number of aliphatic hydroxyl groups excluding tert-OH is 2. The van der Waals surface area contributed by atoms with Crippen LogP contribution in [0.4, 0.5) is 0 Å². The number of ketones is 1. The van der Waals surface area contributed by atoms with Gasteiger partial charge in [0, 0.05) is 13.0 Å². The molecule has 8 nitrogen and oxygen atoms in total. The van der Waals surface area contributed by atoms with Crippen LogP contribution in [0.1, 0.15) is 96.8 Å². The van der Waals surface area contributed by atoms with Crippen LogP contribution >= 0.6 is 7.82 Å². The number of carbonyl (C=O) groups excluding carboxylic acids is 1. The van der Waals surface area contributed by atoms with Crippen LogP contribution in [0.25, 0.3) is 0 Å². The second-order valence-electron chi connectivity index (χ2n) is 7.89. The third-order valence-electron chi connectivity index (χ3n) is 5.00. The minimum absolute atomic E-state index is 0.228.